The third-order valence-corrected chi connectivity index (χ3v) is 3.35. The third-order valence-electron chi connectivity index (χ3n) is 3.35. The molecule has 82 valence electrons. The molecule has 0 radical (unpaired) electrons. The highest BCUT2D eigenvalue weighted by Gasteiger charge is 2.07. The van der Waals surface area contributed by atoms with Crippen LogP contribution >= 0.6 is 0 Å². The zero-order valence-corrected chi connectivity index (χ0v) is 10.1. The molecule has 0 saturated carbocycles. The third kappa shape index (κ3) is 1.54. The van der Waals surface area contributed by atoms with Crippen LogP contribution < -0.4 is 10.4 Å². The van der Waals surface area contributed by atoms with Gasteiger partial charge in [-0.25, -0.2) is 0 Å². The molecule has 1 aliphatic rings. The van der Waals surface area contributed by atoms with Crippen LogP contribution in [-0.2, 0) is 0 Å². The highest BCUT2D eigenvalue weighted by molar-refractivity contribution is 5.80. The van der Waals surface area contributed by atoms with Crippen LogP contribution in [0.2, 0.25) is 0 Å². The van der Waals surface area contributed by atoms with Crippen LogP contribution in [0.4, 0.5) is 0 Å². The van der Waals surface area contributed by atoms with Crippen molar-refractivity contribution in [1.29, 1.82) is 0 Å². The number of rotatable bonds is 1. The highest BCUT2D eigenvalue weighted by atomic mass is 14.1. The first-order valence-corrected chi connectivity index (χ1v) is 5.90. The van der Waals surface area contributed by atoms with Gasteiger partial charge in [0.15, 0.2) is 0 Å². The molecule has 0 spiro atoms. The van der Waals surface area contributed by atoms with Crippen LogP contribution in [0.25, 0.3) is 11.3 Å². The van der Waals surface area contributed by atoms with Gasteiger partial charge in [-0.1, -0.05) is 36.4 Å². The fourth-order valence-electron chi connectivity index (χ4n) is 2.46. The van der Waals surface area contributed by atoms with Crippen molar-refractivity contribution >= 4 is 11.3 Å². The monoisotopic (exact) mass is 218 g/mol. The van der Waals surface area contributed by atoms with E-state index in [0.717, 1.165) is 0 Å². The summed E-state index contributed by atoms with van der Waals surface area (Å²) in [5, 5.41) is 2.55. The first-order chi connectivity index (χ1) is 8.27. The fourth-order valence-corrected chi connectivity index (χ4v) is 2.46. The van der Waals surface area contributed by atoms with E-state index < -0.39 is 0 Å². The van der Waals surface area contributed by atoms with Crippen LogP contribution in [0.3, 0.4) is 0 Å². The molecule has 0 aliphatic heterocycles. The van der Waals surface area contributed by atoms with E-state index in [1.54, 1.807) is 0 Å². The van der Waals surface area contributed by atoms with Crippen molar-refractivity contribution in [3.05, 3.63) is 75.7 Å². The van der Waals surface area contributed by atoms with E-state index in [9.17, 15) is 0 Å². The molecule has 0 bridgehead atoms. The number of hydrogen-bond acceptors (Lipinski definition) is 0. The topological polar surface area (TPSA) is 0 Å². The maximum atomic E-state index is 3.35. The smallest absolute Gasteiger partial charge is 0.0246 e. The van der Waals surface area contributed by atoms with E-state index in [0.29, 0.717) is 0 Å². The second-order valence-corrected chi connectivity index (χ2v) is 4.51. The van der Waals surface area contributed by atoms with Crippen LogP contribution in [-0.4, -0.2) is 0 Å². The van der Waals surface area contributed by atoms with Crippen molar-refractivity contribution in [2.75, 3.05) is 0 Å². The largest absolute Gasteiger partial charge is 0.112 e. The lowest BCUT2D eigenvalue weighted by atomic mass is 9.98. The molecule has 0 fully saturated rings. The summed E-state index contributed by atoms with van der Waals surface area (Å²) in [5.74, 6) is 0. The Balaban J connectivity index is 2.41. The van der Waals surface area contributed by atoms with E-state index in [-0.39, 0.29) is 0 Å². The summed E-state index contributed by atoms with van der Waals surface area (Å²) < 4.78 is 0. The van der Waals surface area contributed by atoms with Crippen molar-refractivity contribution in [3.8, 4) is 0 Å². The minimum absolute atomic E-state index is 1.21. The predicted molar refractivity (Wildman–Crippen MR) is 72.1 cm³/mol. The standard InChI is InChI=1S/C17H14/c1-12-6-3-4-9-15(12)16-11-10-14-8-5-7-13(2)17(14)16/h3-9,11H,1-2H3. The van der Waals surface area contributed by atoms with E-state index >= 15 is 0 Å². The summed E-state index contributed by atoms with van der Waals surface area (Å²) in [6.45, 7) is 4.32. The molecule has 0 heterocycles. The van der Waals surface area contributed by atoms with Crippen LogP contribution in [0.15, 0.2) is 48.5 Å². The highest BCUT2D eigenvalue weighted by Crippen LogP contribution is 2.18. The molecule has 0 heteroatoms. The molecule has 0 atom stereocenters. The van der Waals surface area contributed by atoms with Gasteiger partial charge in [-0.15, -0.1) is 5.73 Å². The molecule has 0 amide bonds. The van der Waals surface area contributed by atoms with E-state index in [4.69, 9.17) is 0 Å². The summed E-state index contributed by atoms with van der Waals surface area (Å²) in [6.07, 6.45) is 2.11. The first-order valence-electron chi connectivity index (χ1n) is 5.90. The SMILES string of the molecule is Cc1ccccc1C1=c2c(C)cccc2=C=C1. The molecule has 0 unspecified atom stereocenters. The molecular weight excluding hydrogens is 204 g/mol. The van der Waals surface area contributed by atoms with Gasteiger partial charge in [-0.05, 0) is 48.3 Å². The molecule has 2 aromatic carbocycles. The Morgan fingerprint density at radius 1 is 0.824 bits per heavy atom. The lowest BCUT2D eigenvalue weighted by Gasteiger charge is -2.06. The molecular formula is C17H14. The van der Waals surface area contributed by atoms with Crippen LogP contribution in [0.1, 0.15) is 16.7 Å². The van der Waals surface area contributed by atoms with Crippen LogP contribution in [0.5, 0.6) is 0 Å². The average molecular weight is 218 g/mol. The van der Waals surface area contributed by atoms with Gasteiger partial charge in [0.05, 0.1) is 0 Å². The van der Waals surface area contributed by atoms with Crippen molar-refractivity contribution in [2.45, 2.75) is 13.8 Å². The van der Waals surface area contributed by atoms with Gasteiger partial charge in [0.25, 0.3) is 0 Å². The lowest BCUT2D eigenvalue weighted by molar-refractivity contribution is 1.35. The summed E-state index contributed by atoms with van der Waals surface area (Å²) in [7, 11) is 0. The quantitative estimate of drug-likeness (QED) is 0.689. The predicted octanol–water partition coefficient (Wildman–Crippen LogP) is 2.45. The van der Waals surface area contributed by atoms with E-state index in [1.165, 1.54) is 32.7 Å². The summed E-state index contributed by atoms with van der Waals surface area (Å²) in [6, 6.07) is 14.9. The fraction of sp³-hybridized carbons (Fsp3) is 0.118. The second kappa shape index (κ2) is 3.76. The maximum Gasteiger partial charge on any atom is 0.0246 e. The Bertz CT molecular complexity index is 742. The van der Waals surface area contributed by atoms with Crippen LogP contribution in [0, 0.1) is 13.8 Å². The molecule has 3 rings (SSSR count). The number of fused-ring (bicyclic) bond motifs is 1. The maximum absolute atomic E-state index is 3.35. The molecule has 2 aromatic rings. The normalized spacial score (nSPS) is 12.5. The summed E-state index contributed by atoms with van der Waals surface area (Å²) >= 11 is 0. The zero-order valence-electron chi connectivity index (χ0n) is 10.1. The van der Waals surface area contributed by atoms with Gasteiger partial charge < -0.3 is 0 Å². The number of aryl methyl sites for hydroxylation is 2. The van der Waals surface area contributed by atoms with Gasteiger partial charge in [-0.3, -0.25) is 0 Å². The Morgan fingerprint density at radius 2 is 1.59 bits per heavy atom. The summed E-state index contributed by atoms with van der Waals surface area (Å²) in [5.41, 5.74) is 8.61. The second-order valence-electron chi connectivity index (χ2n) is 4.51. The van der Waals surface area contributed by atoms with Crippen molar-refractivity contribution < 1.29 is 0 Å². The van der Waals surface area contributed by atoms with Gasteiger partial charge in [0, 0.05) is 10.4 Å². The zero-order chi connectivity index (χ0) is 11.8. The average Bonchev–Trinajstić information content (AvgIpc) is 2.75. The Hall–Kier alpha value is -2.04. The summed E-state index contributed by atoms with van der Waals surface area (Å²) in [4.78, 5) is 0. The van der Waals surface area contributed by atoms with Gasteiger partial charge in [-0.2, -0.15) is 0 Å². The van der Waals surface area contributed by atoms with E-state index in [2.05, 4.69) is 68.1 Å². The van der Waals surface area contributed by atoms with Gasteiger partial charge in [0.1, 0.15) is 0 Å². The van der Waals surface area contributed by atoms with Crippen molar-refractivity contribution in [3.63, 3.8) is 0 Å². The Morgan fingerprint density at radius 3 is 2.41 bits per heavy atom. The molecule has 0 nitrogen and oxygen atoms in total. The molecule has 1 aliphatic carbocycles. The van der Waals surface area contributed by atoms with Gasteiger partial charge in [0.2, 0.25) is 0 Å². The van der Waals surface area contributed by atoms with Gasteiger partial charge >= 0.3 is 0 Å². The number of benzene rings is 2. The minimum Gasteiger partial charge on any atom is -0.112 e. The first kappa shape index (κ1) is 10.1. The molecule has 0 N–H and O–H groups in total. The Labute approximate surface area is 101 Å². The Kier molecular flexibility index (Phi) is 2.24. The number of hydrogen-bond donors (Lipinski definition) is 0. The van der Waals surface area contributed by atoms with Crippen molar-refractivity contribution in [2.24, 2.45) is 0 Å². The van der Waals surface area contributed by atoms with E-state index in [1.807, 2.05) is 0 Å². The molecule has 17 heavy (non-hydrogen) atoms. The molecule has 0 saturated heterocycles. The van der Waals surface area contributed by atoms with Crippen molar-refractivity contribution in [1.82, 2.24) is 0 Å². The number of allylic oxidation sites excluding steroid dienone is 1. The minimum atomic E-state index is 1.21. The molecule has 0 aromatic heterocycles. The lowest BCUT2D eigenvalue weighted by Crippen LogP contribution is -2.26.